The van der Waals surface area contributed by atoms with Crippen LogP contribution in [0.3, 0.4) is 0 Å². The second-order valence-corrected chi connectivity index (χ2v) is 11.0. The number of allylic oxidation sites excluding steroid dienone is 3. The highest BCUT2D eigenvalue weighted by Gasteiger charge is 2.32. The smallest absolute Gasteiger partial charge is 0.335 e. The van der Waals surface area contributed by atoms with E-state index in [9.17, 15) is 24.0 Å². The van der Waals surface area contributed by atoms with Crippen molar-refractivity contribution in [1.29, 1.82) is 0 Å². The summed E-state index contributed by atoms with van der Waals surface area (Å²) in [5.41, 5.74) is 3.94. The second-order valence-electron chi connectivity index (χ2n) is 11.0. The van der Waals surface area contributed by atoms with Gasteiger partial charge in [0.25, 0.3) is 11.8 Å². The van der Waals surface area contributed by atoms with Crippen LogP contribution in [0.4, 0.5) is 5.69 Å². The summed E-state index contributed by atoms with van der Waals surface area (Å²) in [6, 6.07) is 7.74. The van der Waals surface area contributed by atoms with Gasteiger partial charge in [0.05, 0.1) is 65.8 Å². The molecule has 1 aromatic carbocycles. The summed E-state index contributed by atoms with van der Waals surface area (Å²) in [6.07, 6.45) is 5.83. The van der Waals surface area contributed by atoms with Crippen LogP contribution in [0.25, 0.3) is 0 Å². The van der Waals surface area contributed by atoms with Crippen molar-refractivity contribution < 1.29 is 47.8 Å². The first-order chi connectivity index (χ1) is 23.1. The monoisotopic (exact) mass is 671 g/mol. The molecule has 13 nitrogen and oxygen atoms in total. The maximum Gasteiger partial charge on any atom is 0.335 e. The molecule has 0 spiro atoms. The summed E-state index contributed by atoms with van der Waals surface area (Å²) in [7, 11) is 0. The van der Waals surface area contributed by atoms with Gasteiger partial charge in [0.1, 0.15) is 0 Å². The van der Waals surface area contributed by atoms with Crippen LogP contribution < -0.4 is 10.2 Å². The van der Waals surface area contributed by atoms with Crippen molar-refractivity contribution in [3.63, 3.8) is 0 Å². The fourth-order valence-electron chi connectivity index (χ4n) is 4.33. The first-order valence-electron chi connectivity index (χ1n) is 16.1. The molecule has 1 saturated heterocycles. The highest BCUT2D eigenvalue weighted by molar-refractivity contribution is 6.01. The zero-order valence-corrected chi connectivity index (χ0v) is 28.3. The van der Waals surface area contributed by atoms with Crippen LogP contribution in [0.1, 0.15) is 51.5 Å². The summed E-state index contributed by atoms with van der Waals surface area (Å²) >= 11 is 0. The molecule has 0 aromatic heterocycles. The lowest BCUT2D eigenvalue weighted by Crippen LogP contribution is -2.36. The van der Waals surface area contributed by atoms with E-state index >= 15 is 0 Å². The molecule has 1 aromatic rings. The van der Waals surface area contributed by atoms with Gasteiger partial charge < -0.3 is 34.0 Å². The standard InChI is InChI=1S/C35H49N3O10/c1-5-6-10-29(27(2)3)26-37(30-11-8-7-9-28(30)4)32(40)14-17-36-31(39)15-18-44-20-22-46-24-25-47-23-21-45-19-16-35(43)48-38-33(41)12-13-34(38)42/h5-11H,1,12-26H2,2-4H3,(H,36,39)/b10-6-. The van der Waals surface area contributed by atoms with Crippen molar-refractivity contribution in [2.24, 2.45) is 0 Å². The van der Waals surface area contributed by atoms with E-state index in [1.165, 1.54) is 0 Å². The van der Waals surface area contributed by atoms with Crippen molar-refractivity contribution in [2.75, 3.05) is 70.8 Å². The lowest BCUT2D eigenvalue weighted by atomic mass is 10.1. The zero-order chi connectivity index (χ0) is 35.1. The third kappa shape index (κ3) is 15.6. The summed E-state index contributed by atoms with van der Waals surface area (Å²) in [4.78, 5) is 66.6. The summed E-state index contributed by atoms with van der Waals surface area (Å²) in [5, 5.41) is 3.31. The molecular formula is C35H49N3O10. The lowest BCUT2D eigenvalue weighted by molar-refractivity contribution is -0.198. The van der Waals surface area contributed by atoms with E-state index in [-0.39, 0.29) is 70.3 Å². The quantitative estimate of drug-likeness (QED) is 0.0985. The van der Waals surface area contributed by atoms with Crippen LogP contribution in [0.15, 0.2) is 60.2 Å². The number of carbonyl (C=O) groups is 5. The number of para-hydroxylation sites is 1. The van der Waals surface area contributed by atoms with Gasteiger partial charge in [-0.05, 0) is 38.0 Å². The van der Waals surface area contributed by atoms with E-state index in [0.29, 0.717) is 44.6 Å². The number of ether oxygens (including phenoxy) is 4. The molecule has 0 bridgehead atoms. The molecule has 0 atom stereocenters. The summed E-state index contributed by atoms with van der Waals surface area (Å²) in [6.45, 7) is 12.5. The normalized spacial score (nSPS) is 12.8. The number of rotatable bonds is 24. The maximum absolute atomic E-state index is 13.3. The molecule has 0 aliphatic carbocycles. The number of carbonyl (C=O) groups excluding carboxylic acids is 5. The van der Waals surface area contributed by atoms with E-state index in [1.54, 1.807) is 11.0 Å². The average molecular weight is 672 g/mol. The molecule has 2 rings (SSSR count). The number of hydroxylamine groups is 2. The number of hydrogen-bond donors (Lipinski definition) is 1. The Kier molecular flexibility index (Phi) is 19.3. The molecule has 4 amide bonds. The molecule has 1 heterocycles. The number of hydrogen-bond acceptors (Lipinski definition) is 10. The molecule has 0 unspecified atom stereocenters. The third-order valence-electron chi connectivity index (χ3n) is 7.01. The predicted molar refractivity (Wildman–Crippen MR) is 179 cm³/mol. The largest absolute Gasteiger partial charge is 0.379 e. The number of amides is 4. The summed E-state index contributed by atoms with van der Waals surface area (Å²) in [5.74, 6) is -2.05. The molecule has 1 fully saturated rings. The second kappa shape index (κ2) is 23.2. The van der Waals surface area contributed by atoms with Crippen LogP contribution in [0.2, 0.25) is 0 Å². The Morgan fingerprint density at radius 3 is 1.98 bits per heavy atom. The molecule has 13 heteroatoms. The Balaban J connectivity index is 1.50. The zero-order valence-electron chi connectivity index (χ0n) is 28.3. The van der Waals surface area contributed by atoms with Crippen LogP contribution in [0.5, 0.6) is 0 Å². The van der Waals surface area contributed by atoms with Gasteiger partial charge in [-0.3, -0.25) is 19.2 Å². The minimum atomic E-state index is -0.717. The molecule has 0 radical (unpaired) electrons. The van der Waals surface area contributed by atoms with Crippen molar-refractivity contribution in [3.8, 4) is 0 Å². The van der Waals surface area contributed by atoms with Crippen molar-refractivity contribution in [3.05, 3.63) is 65.8 Å². The molecule has 1 aliphatic heterocycles. The number of anilines is 1. The van der Waals surface area contributed by atoms with E-state index in [1.807, 2.05) is 57.2 Å². The summed E-state index contributed by atoms with van der Waals surface area (Å²) < 4.78 is 21.6. The fourth-order valence-corrected chi connectivity index (χ4v) is 4.33. The molecule has 48 heavy (non-hydrogen) atoms. The number of nitrogens with zero attached hydrogens (tertiary/aromatic N) is 2. The first kappa shape index (κ1) is 40.0. The highest BCUT2D eigenvalue weighted by Crippen LogP contribution is 2.23. The van der Waals surface area contributed by atoms with Gasteiger partial charge in [0.2, 0.25) is 11.8 Å². The molecular weight excluding hydrogens is 622 g/mol. The van der Waals surface area contributed by atoms with Gasteiger partial charge in [-0.1, -0.05) is 48.6 Å². The number of aryl methyl sites for hydroxylation is 1. The van der Waals surface area contributed by atoms with Crippen LogP contribution in [-0.2, 0) is 47.8 Å². The Morgan fingerprint density at radius 1 is 0.854 bits per heavy atom. The Labute approximate surface area is 282 Å². The first-order valence-corrected chi connectivity index (χ1v) is 16.1. The Morgan fingerprint density at radius 2 is 1.42 bits per heavy atom. The van der Waals surface area contributed by atoms with Crippen LogP contribution >= 0.6 is 0 Å². The van der Waals surface area contributed by atoms with Crippen molar-refractivity contribution in [1.82, 2.24) is 10.4 Å². The molecule has 1 N–H and O–H groups in total. The van der Waals surface area contributed by atoms with E-state index in [4.69, 9.17) is 23.8 Å². The van der Waals surface area contributed by atoms with E-state index in [2.05, 4.69) is 11.9 Å². The van der Waals surface area contributed by atoms with Crippen molar-refractivity contribution >= 4 is 35.3 Å². The Hall–Kier alpha value is -4.17. The SMILES string of the molecule is C=C/C=C\C(CN(C(=O)CCNC(=O)CCOCCOCCOCCOCCC(=O)ON1C(=O)CCC1=O)c1ccccc1C)=C(C)C. The fraction of sp³-hybridized carbons (Fsp3) is 0.514. The maximum atomic E-state index is 13.3. The molecule has 0 saturated carbocycles. The number of benzene rings is 1. The topological polar surface area (TPSA) is 150 Å². The van der Waals surface area contributed by atoms with Crippen LogP contribution in [0, 0.1) is 6.92 Å². The van der Waals surface area contributed by atoms with Crippen LogP contribution in [-0.4, -0.2) is 101 Å². The number of nitrogens with one attached hydrogen (secondary N) is 1. The van der Waals surface area contributed by atoms with Gasteiger partial charge in [0, 0.05) is 37.9 Å². The number of imide groups is 1. The minimum Gasteiger partial charge on any atom is -0.379 e. The minimum absolute atomic E-state index is 0.0464. The molecule has 264 valence electrons. The van der Waals surface area contributed by atoms with Crippen molar-refractivity contribution in [2.45, 2.75) is 52.9 Å². The van der Waals surface area contributed by atoms with E-state index < -0.39 is 17.8 Å². The Bertz CT molecular complexity index is 1270. The third-order valence-corrected chi connectivity index (χ3v) is 7.01. The predicted octanol–water partition coefficient (Wildman–Crippen LogP) is 3.37. The van der Waals surface area contributed by atoms with Gasteiger partial charge in [0.15, 0.2) is 0 Å². The van der Waals surface area contributed by atoms with E-state index in [0.717, 1.165) is 22.4 Å². The lowest BCUT2D eigenvalue weighted by Gasteiger charge is -2.26. The molecule has 1 aliphatic rings. The van der Waals surface area contributed by atoms with Gasteiger partial charge in [-0.15, -0.1) is 5.06 Å². The average Bonchev–Trinajstić information content (AvgIpc) is 3.37. The van der Waals surface area contributed by atoms with Gasteiger partial charge in [-0.2, -0.15) is 0 Å². The van der Waals surface area contributed by atoms with Gasteiger partial charge >= 0.3 is 5.97 Å². The van der Waals surface area contributed by atoms with Gasteiger partial charge in [-0.25, -0.2) is 4.79 Å². The highest BCUT2D eigenvalue weighted by atomic mass is 16.7.